The summed E-state index contributed by atoms with van der Waals surface area (Å²) < 4.78 is 11.6. The summed E-state index contributed by atoms with van der Waals surface area (Å²) in [5.41, 5.74) is 0. The maximum Gasteiger partial charge on any atom is 0.335 e. The minimum atomic E-state index is -1.88. The van der Waals surface area contributed by atoms with E-state index in [9.17, 15) is 0 Å². The molecular weight excluding hydrogens is 240 g/mol. The summed E-state index contributed by atoms with van der Waals surface area (Å²) in [6.07, 6.45) is 0. The van der Waals surface area contributed by atoms with E-state index >= 15 is 0 Å². The highest BCUT2D eigenvalue weighted by atomic mass is 32.4. The number of rotatable bonds is 7. The van der Waals surface area contributed by atoms with Crippen molar-refractivity contribution in [3.63, 3.8) is 0 Å². The Morgan fingerprint density at radius 2 is 1.67 bits per heavy atom. The third-order valence-electron chi connectivity index (χ3n) is 2.07. The van der Waals surface area contributed by atoms with Crippen LogP contribution in [-0.2, 0) is 8.85 Å². The molecule has 0 saturated heterocycles. The lowest BCUT2D eigenvalue weighted by Crippen LogP contribution is -2.39. The lowest BCUT2D eigenvalue weighted by molar-refractivity contribution is 0.235. The van der Waals surface area contributed by atoms with E-state index < -0.39 is 15.8 Å². The largest absolute Gasteiger partial charge is 0.398 e. The van der Waals surface area contributed by atoms with Gasteiger partial charge in [-0.15, -0.1) is 0 Å². The van der Waals surface area contributed by atoms with Gasteiger partial charge in [0.05, 0.1) is 5.94 Å². The second kappa shape index (κ2) is 6.44. The molecule has 0 rings (SSSR count). The van der Waals surface area contributed by atoms with E-state index in [0.29, 0.717) is 5.92 Å². The van der Waals surface area contributed by atoms with Crippen LogP contribution in [0.15, 0.2) is 0 Å². The molecule has 0 aliphatic rings. The van der Waals surface area contributed by atoms with E-state index in [-0.39, 0.29) is 0 Å². The Bertz CT molecular complexity index is 183. The van der Waals surface area contributed by atoms with Crippen LogP contribution in [0.4, 0.5) is 0 Å². The SMILES string of the molecule is CO[Si](C)(CC(C)C)OCS[Si](C)(C)C. The van der Waals surface area contributed by atoms with Crippen molar-refractivity contribution in [2.24, 2.45) is 5.92 Å². The number of hydrogen-bond donors (Lipinski definition) is 0. The topological polar surface area (TPSA) is 18.5 Å². The first-order chi connectivity index (χ1) is 6.68. The average Bonchev–Trinajstić information content (AvgIpc) is 2.00. The fourth-order valence-corrected chi connectivity index (χ4v) is 6.34. The van der Waals surface area contributed by atoms with Gasteiger partial charge in [0.15, 0.2) is 0 Å². The fourth-order valence-electron chi connectivity index (χ4n) is 1.27. The summed E-state index contributed by atoms with van der Waals surface area (Å²) in [5, 5.41) is 0. The molecule has 0 amide bonds. The maximum absolute atomic E-state index is 5.98. The third kappa shape index (κ3) is 8.50. The molecule has 0 saturated carbocycles. The van der Waals surface area contributed by atoms with Crippen LogP contribution >= 0.6 is 11.2 Å². The van der Waals surface area contributed by atoms with Crippen molar-refractivity contribution < 1.29 is 8.85 Å². The smallest absolute Gasteiger partial charge is 0.335 e. The first-order valence-corrected chi connectivity index (χ1v) is 13.2. The zero-order valence-electron chi connectivity index (χ0n) is 11.2. The van der Waals surface area contributed by atoms with Crippen LogP contribution in [0.25, 0.3) is 0 Å². The predicted molar refractivity (Wildman–Crippen MR) is 75.2 cm³/mol. The van der Waals surface area contributed by atoms with Crippen LogP contribution < -0.4 is 0 Å². The van der Waals surface area contributed by atoms with Crippen LogP contribution in [0, 0.1) is 5.92 Å². The second-order valence-electron chi connectivity index (χ2n) is 5.45. The predicted octanol–water partition coefficient (Wildman–Crippen LogP) is 3.90. The molecule has 0 aromatic heterocycles. The molecule has 2 nitrogen and oxygen atoms in total. The van der Waals surface area contributed by atoms with E-state index in [0.717, 1.165) is 12.0 Å². The summed E-state index contributed by atoms with van der Waals surface area (Å²) >= 11 is 1.97. The standard InChI is InChI=1S/C10H26O2SSi2/c1-10(2)8-15(7,11-3)12-9-13-14(4,5)6/h10H,8-9H2,1-7H3. The van der Waals surface area contributed by atoms with E-state index in [1.54, 1.807) is 7.11 Å². The van der Waals surface area contributed by atoms with Crippen LogP contribution in [0.2, 0.25) is 32.2 Å². The highest BCUT2D eigenvalue weighted by Crippen LogP contribution is 2.24. The first-order valence-electron chi connectivity index (χ1n) is 5.51. The zero-order valence-corrected chi connectivity index (χ0v) is 14.0. The van der Waals surface area contributed by atoms with Gasteiger partial charge in [0.1, 0.15) is 7.22 Å². The lowest BCUT2D eigenvalue weighted by Gasteiger charge is -2.28. The van der Waals surface area contributed by atoms with Crippen molar-refractivity contribution >= 4 is 27.0 Å². The Labute approximate surface area is 101 Å². The summed E-state index contributed by atoms with van der Waals surface area (Å²) in [5.74, 6) is 1.46. The zero-order chi connectivity index (χ0) is 12.1. The van der Waals surface area contributed by atoms with Gasteiger partial charge in [0.2, 0.25) is 0 Å². The van der Waals surface area contributed by atoms with Gasteiger partial charge in [-0.3, -0.25) is 0 Å². The highest BCUT2D eigenvalue weighted by Gasteiger charge is 2.31. The van der Waals surface area contributed by atoms with E-state index in [2.05, 4.69) is 40.0 Å². The Hall–Kier alpha value is 0.704. The van der Waals surface area contributed by atoms with Gasteiger partial charge >= 0.3 is 8.56 Å². The van der Waals surface area contributed by atoms with Crippen molar-refractivity contribution in [1.82, 2.24) is 0 Å². The summed E-state index contributed by atoms with van der Waals surface area (Å²) in [7, 11) is -1.15. The van der Waals surface area contributed by atoms with Gasteiger partial charge < -0.3 is 8.85 Å². The van der Waals surface area contributed by atoms with Crippen molar-refractivity contribution in [2.75, 3.05) is 13.0 Å². The van der Waals surface area contributed by atoms with Gasteiger partial charge in [-0.05, 0) is 18.5 Å². The Balaban J connectivity index is 3.99. The van der Waals surface area contributed by atoms with Crippen molar-refractivity contribution in [1.29, 1.82) is 0 Å². The molecule has 0 radical (unpaired) electrons. The minimum absolute atomic E-state index is 0.651. The molecule has 1 atom stereocenters. The van der Waals surface area contributed by atoms with Crippen LogP contribution in [0.1, 0.15) is 13.8 Å². The monoisotopic (exact) mass is 266 g/mol. The fraction of sp³-hybridized carbons (Fsp3) is 1.00. The van der Waals surface area contributed by atoms with Crippen molar-refractivity contribution in [3.8, 4) is 0 Å². The molecule has 92 valence electrons. The highest BCUT2D eigenvalue weighted by molar-refractivity contribution is 8.28. The van der Waals surface area contributed by atoms with Gasteiger partial charge in [0, 0.05) is 7.11 Å². The Kier molecular flexibility index (Phi) is 6.74. The second-order valence-corrected chi connectivity index (χ2v) is 18.1. The molecule has 0 aliphatic carbocycles. The Morgan fingerprint density at radius 3 is 2.00 bits per heavy atom. The van der Waals surface area contributed by atoms with Gasteiger partial charge in [-0.25, -0.2) is 0 Å². The molecule has 0 aromatic carbocycles. The molecule has 0 spiro atoms. The molecule has 0 bridgehead atoms. The van der Waals surface area contributed by atoms with Crippen LogP contribution in [0.5, 0.6) is 0 Å². The molecule has 0 aliphatic heterocycles. The number of hydrogen-bond acceptors (Lipinski definition) is 3. The molecule has 0 aromatic rings. The lowest BCUT2D eigenvalue weighted by atomic mass is 10.3. The summed E-state index contributed by atoms with van der Waals surface area (Å²) in [6, 6.07) is 1.08. The first kappa shape index (κ1) is 15.7. The molecule has 15 heavy (non-hydrogen) atoms. The Morgan fingerprint density at radius 1 is 1.13 bits per heavy atom. The van der Waals surface area contributed by atoms with Crippen molar-refractivity contribution in [3.05, 3.63) is 0 Å². The quantitative estimate of drug-likeness (QED) is 0.514. The van der Waals surface area contributed by atoms with E-state index in [1.807, 2.05) is 11.2 Å². The minimum Gasteiger partial charge on any atom is -0.398 e. The summed E-state index contributed by atoms with van der Waals surface area (Å²) in [6.45, 7) is 13.6. The van der Waals surface area contributed by atoms with Crippen LogP contribution in [0.3, 0.4) is 0 Å². The molecule has 0 N–H and O–H groups in total. The average molecular weight is 267 g/mol. The summed E-state index contributed by atoms with van der Waals surface area (Å²) in [4.78, 5) is 0. The van der Waals surface area contributed by atoms with E-state index in [4.69, 9.17) is 8.85 Å². The molecule has 0 fully saturated rings. The van der Waals surface area contributed by atoms with Gasteiger partial charge in [0.25, 0.3) is 0 Å². The van der Waals surface area contributed by atoms with E-state index in [1.165, 1.54) is 0 Å². The molecule has 0 heterocycles. The van der Waals surface area contributed by atoms with Crippen LogP contribution in [-0.4, -0.2) is 28.8 Å². The molecule has 1 unspecified atom stereocenters. The third-order valence-corrected chi connectivity index (χ3v) is 9.51. The maximum atomic E-state index is 5.98. The van der Waals surface area contributed by atoms with Gasteiger partial charge in [-0.1, -0.05) is 33.5 Å². The molecule has 5 heteroatoms. The normalized spacial score (nSPS) is 16.8. The van der Waals surface area contributed by atoms with Crippen molar-refractivity contribution in [2.45, 2.75) is 46.1 Å². The van der Waals surface area contributed by atoms with Gasteiger partial charge in [-0.2, -0.15) is 11.2 Å². The molecular formula is C10H26O2SSi2.